The van der Waals surface area contributed by atoms with E-state index in [9.17, 15) is 19.5 Å². The van der Waals surface area contributed by atoms with Gasteiger partial charge in [0.15, 0.2) is 0 Å². The molecule has 132 valence electrons. The molecule has 1 aromatic carbocycles. The molecule has 0 atom stereocenters. The number of nitrogens with zero attached hydrogens (tertiary/aromatic N) is 1. The Morgan fingerprint density at radius 3 is 2.80 bits per heavy atom. The molecule has 25 heavy (non-hydrogen) atoms. The first-order valence-electron chi connectivity index (χ1n) is 7.84. The topological polar surface area (TPSA) is 97.0 Å². The van der Waals surface area contributed by atoms with Gasteiger partial charge in [-0.3, -0.25) is 9.59 Å². The molecule has 1 aromatic heterocycles. The van der Waals surface area contributed by atoms with Crippen LogP contribution in [0.2, 0.25) is 0 Å². The van der Waals surface area contributed by atoms with Crippen LogP contribution < -0.4 is 5.63 Å². The summed E-state index contributed by atoms with van der Waals surface area (Å²) in [5, 5.41) is 10.4. The highest BCUT2D eigenvalue weighted by molar-refractivity contribution is 8.13. The molecule has 2 aromatic rings. The highest BCUT2D eigenvalue weighted by Crippen LogP contribution is 2.27. The van der Waals surface area contributed by atoms with Crippen LogP contribution in [0.15, 0.2) is 27.4 Å². The monoisotopic (exact) mass is 363 g/mol. The van der Waals surface area contributed by atoms with E-state index in [0.717, 1.165) is 0 Å². The molecule has 1 N–H and O–H groups in total. The predicted octanol–water partition coefficient (Wildman–Crippen LogP) is 2.27. The molecule has 1 fully saturated rings. The van der Waals surface area contributed by atoms with Gasteiger partial charge in [0.25, 0.3) is 5.24 Å². The first kappa shape index (κ1) is 17.3. The minimum atomic E-state index is -0.590. The Kier molecular flexibility index (Phi) is 4.98. The fraction of sp³-hybridized carbons (Fsp3) is 0.353. The third-order valence-electron chi connectivity index (χ3n) is 3.96. The van der Waals surface area contributed by atoms with Crippen molar-refractivity contribution in [1.82, 2.24) is 4.90 Å². The number of carbonyl (C=O) groups excluding carboxylic acids is 2. The molecule has 1 aliphatic rings. The third-order valence-corrected chi connectivity index (χ3v) is 4.86. The van der Waals surface area contributed by atoms with E-state index in [2.05, 4.69) is 0 Å². The zero-order valence-electron chi connectivity index (χ0n) is 13.6. The lowest BCUT2D eigenvalue weighted by molar-refractivity contribution is -0.145. The minimum Gasteiger partial charge on any atom is -0.508 e. The first-order valence-corrected chi connectivity index (χ1v) is 8.82. The lowest BCUT2D eigenvalue weighted by atomic mass is 10.0. The molecule has 0 aliphatic carbocycles. The average molecular weight is 363 g/mol. The number of ether oxygens (including phenoxy) is 1. The summed E-state index contributed by atoms with van der Waals surface area (Å²) in [7, 11) is 0. The second-order valence-corrected chi connectivity index (χ2v) is 6.66. The summed E-state index contributed by atoms with van der Waals surface area (Å²) in [6.45, 7) is 2.20. The lowest BCUT2D eigenvalue weighted by Crippen LogP contribution is -2.30. The van der Waals surface area contributed by atoms with Gasteiger partial charge in [-0.15, -0.1) is 0 Å². The zero-order chi connectivity index (χ0) is 18.0. The predicted molar refractivity (Wildman–Crippen MR) is 92.7 cm³/mol. The van der Waals surface area contributed by atoms with Crippen LogP contribution in [0.25, 0.3) is 11.0 Å². The van der Waals surface area contributed by atoms with Gasteiger partial charge in [0.05, 0.1) is 0 Å². The molecule has 1 saturated heterocycles. The maximum atomic E-state index is 11.9. The molecule has 0 saturated carbocycles. The molecule has 0 spiro atoms. The van der Waals surface area contributed by atoms with Gasteiger partial charge in [-0.05, 0) is 18.1 Å². The zero-order valence-corrected chi connectivity index (χ0v) is 14.4. The lowest BCUT2D eigenvalue weighted by Gasteiger charge is -2.14. The third kappa shape index (κ3) is 3.79. The van der Waals surface area contributed by atoms with Crippen molar-refractivity contribution < 1.29 is 23.8 Å². The number of fused-ring (bicyclic) bond motifs is 1. The number of carbonyl (C=O) groups is 2. The Morgan fingerprint density at radius 1 is 1.32 bits per heavy atom. The maximum absolute atomic E-state index is 11.9. The van der Waals surface area contributed by atoms with Gasteiger partial charge in [0, 0.05) is 35.4 Å². The van der Waals surface area contributed by atoms with Gasteiger partial charge in [-0.25, -0.2) is 4.79 Å². The van der Waals surface area contributed by atoms with Crippen LogP contribution in [-0.4, -0.2) is 40.1 Å². The van der Waals surface area contributed by atoms with Crippen LogP contribution in [0.4, 0.5) is 4.79 Å². The number of phenols is 1. The van der Waals surface area contributed by atoms with E-state index in [-0.39, 0.29) is 29.7 Å². The summed E-state index contributed by atoms with van der Waals surface area (Å²) in [6.07, 6.45) is 0.606. The highest BCUT2D eigenvalue weighted by Gasteiger charge is 2.24. The molecule has 7 nitrogen and oxygen atoms in total. The van der Waals surface area contributed by atoms with Crippen LogP contribution >= 0.6 is 11.8 Å². The number of esters is 1. The van der Waals surface area contributed by atoms with Crippen molar-refractivity contribution in [2.75, 3.05) is 18.8 Å². The number of phenolic OH excluding ortho intramolecular Hbond substituents is 1. The van der Waals surface area contributed by atoms with E-state index in [1.807, 2.05) is 6.92 Å². The molecule has 3 rings (SSSR count). The van der Waals surface area contributed by atoms with E-state index in [4.69, 9.17) is 9.15 Å². The van der Waals surface area contributed by atoms with Crippen molar-refractivity contribution in [3.8, 4) is 5.75 Å². The molecular weight excluding hydrogens is 346 g/mol. The summed E-state index contributed by atoms with van der Waals surface area (Å²) in [6, 6.07) is 4.38. The Labute approximate surface area is 147 Å². The van der Waals surface area contributed by atoms with Crippen molar-refractivity contribution in [3.05, 3.63) is 39.7 Å². The van der Waals surface area contributed by atoms with Gasteiger partial charge in [0.2, 0.25) is 0 Å². The SMILES string of the molecule is CCc1cc2c(COC(=O)CN3CCSC3=O)cc(=O)oc2cc1O. The molecule has 2 heterocycles. The van der Waals surface area contributed by atoms with Crippen LogP contribution in [-0.2, 0) is 22.6 Å². The van der Waals surface area contributed by atoms with Crippen molar-refractivity contribution in [1.29, 1.82) is 0 Å². The Balaban J connectivity index is 1.79. The van der Waals surface area contributed by atoms with Crippen molar-refractivity contribution >= 4 is 33.9 Å². The second kappa shape index (κ2) is 7.18. The molecule has 0 bridgehead atoms. The van der Waals surface area contributed by atoms with Gasteiger partial charge in [0.1, 0.15) is 24.5 Å². The van der Waals surface area contributed by atoms with Gasteiger partial charge in [-0.2, -0.15) is 0 Å². The highest BCUT2D eigenvalue weighted by atomic mass is 32.2. The van der Waals surface area contributed by atoms with Crippen molar-refractivity contribution in [2.45, 2.75) is 20.0 Å². The van der Waals surface area contributed by atoms with E-state index < -0.39 is 11.6 Å². The number of hydrogen-bond acceptors (Lipinski definition) is 7. The number of rotatable bonds is 5. The Morgan fingerprint density at radius 2 is 2.12 bits per heavy atom. The number of benzene rings is 1. The summed E-state index contributed by atoms with van der Waals surface area (Å²) in [5.74, 6) is 0.184. The van der Waals surface area contributed by atoms with Gasteiger partial charge >= 0.3 is 11.6 Å². The summed E-state index contributed by atoms with van der Waals surface area (Å²) < 4.78 is 10.3. The number of thioether (sulfide) groups is 1. The standard InChI is InChI=1S/C17H17NO6S/c1-2-10-5-12-11(6-15(20)24-14(12)7-13(10)19)9-23-16(21)8-18-3-4-25-17(18)22/h5-7,19H,2-4,8-9H2,1H3. The smallest absolute Gasteiger partial charge is 0.336 e. The minimum absolute atomic E-state index is 0.0531. The quantitative estimate of drug-likeness (QED) is 0.643. The number of aromatic hydroxyl groups is 1. The molecular formula is C17H17NO6S. The molecule has 0 unspecified atom stereocenters. The maximum Gasteiger partial charge on any atom is 0.336 e. The van der Waals surface area contributed by atoms with Gasteiger partial charge < -0.3 is 19.2 Å². The van der Waals surface area contributed by atoms with Crippen LogP contribution in [0, 0.1) is 0 Å². The molecule has 0 radical (unpaired) electrons. The summed E-state index contributed by atoms with van der Waals surface area (Å²) in [5.41, 5.74) is 0.845. The molecule has 8 heteroatoms. The van der Waals surface area contributed by atoms with E-state index in [0.29, 0.717) is 35.2 Å². The van der Waals surface area contributed by atoms with Crippen LogP contribution in [0.5, 0.6) is 5.75 Å². The largest absolute Gasteiger partial charge is 0.508 e. The van der Waals surface area contributed by atoms with E-state index in [1.165, 1.54) is 28.8 Å². The Bertz CT molecular complexity index is 891. The van der Waals surface area contributed by atoms with E-state index in [1.54, 1.807) is 6.07 Å². The summed E-state index contributed by atoms with van der Waals surface area (Å²) >= 11 is 1.17. The fourth-order valence-electron chi connectivity index (χ4n) is 2.64. The van der Waals surface area contributed by atoms with Gasteiger partial charge in [-0.1, -0.05) is 18.7 Å². The normalized spacial score (nSPS) is 14.3. The number of aryl methyl sites for hydroxylation is 1. The van der Waals surface area contributed by atoms with Crippen molar-refractivity contribution in [3.63, 3.8) is 0 Å². The van der Waals surface area contributed by atoms with Crippen LogP contribution in [0.3, 0.4) is 0 Å². The summed E-state index contributed by atoms with van der Waals surface area (Å²) in [4.78, 5) is 36.6. The number of amides is 1. The fourth-order valence-corrected chi connectivity index (χ4v) is 3.46. The first-order chi connectivity index (χ1) is 12.0. The Hall–Kier alpha value is -2.48. The molecule has 1 amide bonds. The average Bonchev–Trinajstić information content (AvgIpc) is 2.96. The van der Waals surface area contributed by atoms with Crippen molar-refractivity contribution in [2.24, 2.45) is 0 Å². The number of hydrogen-bond donors (Lipinski definition) is 1. The van der Waals surface area contributed by atoms with E-state index >= 15 is 0 Å². The second-order valence-electron chi connectivity index (χ2n) is 5.62. The van der Waals surface area contributed by atoms with Crippen LogP contribution in [0.1, 0.15) is 18.1 Å². The molecule has 1 aliphatic heterocycles.